The first-order valence-electron chi connectivity index (χ1n) is 5.70. The number of methoxy groups -OCH3 is 1. The highest BCUT2D eigenvalue weighted by Crippen LogP contribution is 2.26. The maximum atomic E-state index is 5.22. The molecule has 3 nitrogen and oxygen atoms in total. The predicted molar refractivity (Wildman–Crippen MR) is 71.5 cm³/mol. The topological polar surface area (TPSA) is 35.0 Å². The second-order valence-corrected chi connectivity index (χ2v) is 4.06. The number of fused-ring (bicyclic) bond motifs is 1. The molecule has 1 aromatic heterocycles. The third kappa shape index (κ3) is 1.91. The molecule has 0 N–H and O–H groups in total. The van der Waals surface area contributed by atoms with Crippen molar-refractivity contribution in [3.8, 4) is 16.9 Å². The Morgan fingerprint density at radius 1 is 0.833 bits per heavy atom. The van der Waals surface area contributed by atoms with E-state index in [1.165, 1.54) is 11.7 Å². The number of hydrogen-bond donors (Lipinski definition) is 0. The fourth-order valence-electron chi connectivity index (χ4n) is 1.98. The molecule has 3 aromatic rings. The summed E-state index contributed by atoms with van der Waals surface area (Å²) in [7, 11) is 1.68. The minimum atomic E-state index is 0.873. The Morgan fingerprint density at radius 3 is 2.33 bits per heavy atom. The molecule has 0 bridgehead atoms. The second kappa shape index (κ2) is 4.45. The molecule has 0 saturated heterocycles. The van der Waals surface area contributed by atoms with Crippen LogP contribution in [0.2, 0.25) is 0 Å². The number of benzene rings is 2. The molecule has 3 rings (SSSR count). The zero-order valence-corrected chi connectivity index (χ0v) is 10.00. The summed E-state index contributed by atoms with van der Waals surface area (Å²) in [5.41, 5.74) is 2.14. The van der Waals surface area contributed by atoms with Crippen LogP contribution >= 0.6 is 0 Å². The smallest absolute Gasteiger partial charge is 0.119 e. The molecular formula is C15H12N2O. The molecule has 18 heavy (non-hydrogen) atoms. The van der Waals surface area contributed by atoms with Crippen LogP contribution in [0.1, 0.15) is 0 Å². The lowest BCUT2D eigenvalue weighted by molar-refractivity contribution is 0.415. The number of hydrogen-bond acceptors (Lipinski definition) is 3. The number of rotatable bonds is 2. The zero-order valence-electron chi connectivity index (χ0n) is 10.00. The summed E-state index contributed by atoms with van der Waals surface area (Å²) >= 11 is 0. The van der Waals surface area contributed by atoms with Gasteiger partial charge in [-0.3, -0.25) is 0 Å². The van der Waals surface area contributed by atoms with Gasteiger partial charge in [-0.25, -0.2) is 9.97 Å². The molecule has 2 aromatic carbocycles. The molecule has 3 heteroatoms. The highest BCUT2D eigenvalue weighted by Gasteiger charge is 2.01. The largest absolute Gasteiger partial charge is 0.497 e. The van der Waals surface area contributed by atoms with E-state index >= 15 is 0 Å². The normalized spacial score (nSPS) is 10.5. The van der Waals surface area contributed by atoms with Crippen LogP contribution in [-0.4, -0.2) is 17.1 Å². The number of nitrogens with zero attached hydrogens (tertiary/aromatic N) is 2. The van der Waals surface area contributed by atoms with Gasteiger partial charge in [0, 0.05) is 18.0 Å². The Labute approximate surface area is 105 Å². The van der Waals surface area contributed by atoms with E-state index in [0.29, 0.717) is 0 Å². The van der Waals surface area contributed by atoms with Crippen LogP contribution in [0.25, 0.3) is 21.9 Å². The molecule has 0 amide bonds. The molecule has 1 heterocycles. The van der Waals surface area contributed by atoms with Crippen molar-refractivity contribution in [1.82, 2.24) is 9.97 Å². The summed E-state index contributed by atoms with van der Waals surface area (Å²) < 4.78 is 5.22. The van der Waals surface area contributed by atoms with E-state index in [9.17, 15) is 0 Å². The lowest BCUT2D eigenvalue weighted by Gasteiger charge is -2.05. The molecular weight excluding hydrogens is 224 g/mol. The first-order chi connectivity index (χ1) is 8.86. The fraction of sp³-hybridized carbons (Fsp3) is 0.0667. The monoisotopic (exact) mass is 236 g/mol. The minimum Gasteiger partial charge on any atom is -0.497 e. The van der Waals surface area contributed by atoms with Gasteiger partial charge in [-0.15, -0.1) is 0 Å². The van der Waals surface area contributed by atoms with Crippen LogP contribution in [0, 0.1) is 0 Å². The SMILES string of the molecule is COc1ccc2cc(-c3cncnc3)ccc2c1. The van der Waals surface area contributed by atoms with Crippen molar-refractivity contribution in [1.29, 1.82) is 0 Å². The molecule has 0 aliphatic heterocycles. The summed E-state index contributed by atoms with van der Waals surface area (Å²) in [6, 6.07) is 12.3. The standard InChI is InChI=1S/C15H12N2O/c1-18-15-5-4-11-6-12(2-3-13(11)7-15)14-8-16-10-17-9-14/h2-10H,1H3. The maximum absolute atomic E-state index is 5.22. The maximum Gasteiger partial charge on any atom is 0.119 e. The van der Waals surface area contributed by atoms with Gasteiger partial charge in [0.25, 0.3) is 0 Å². The molecule has 0 aliphatic carbocycles. The molecule has 0 aliphatic rings. The van der Waals surface area contributed by atoms with Crippen LogP contribution in [0.3, 0.4) is 0 Å². The van der Waals surface area contributed by atoms with Gasteiger partial charge in [0.2, 0.25) is 0 Å². The summed E-state index contributed by atoms with van der Waals surface area (Å²) in [4.78, 5) is 8.07. The summed E-state index contributed by atoms with van der Waals surface area (Å²) in [6.07, 6.45) is 5.17. The Kier molecular flexibility index (Phi) is 2.65. The van der Waals surface area contributed by atoms with Crippen molar-refractivity contribution < 1.29 is 4.74 Å². The quantitative estimate of drug-likeness (QED) is 0.684. The van der Waals surface area contributed by atoms with Crippen molar-refractivity contribution in [2.45, 2.75) is 0 Å². The van der Waals surface area contributed by atoms with Crippen LogP contribution in [0.4, 0.5) is 0 Å². The van der Waals surface area contributed by atoms with Crippen molar-refractivity contribution in [3.05, 3.63) is 55.1 Å². The van der Waals surface area contributed by atoms with Gasteiger partial charge in [-0.2, -0.15) is 0 Å². The van der Waals surface area contributed by atoms with E-state index in [-0.39, 0.29) is 0 Å². The highest BCUT2D eigenvalue weighted by atomic mass is 16.5. The van der Waals surface area contributed by atoms with Crippen molar-refractivity contribution in [3.63, 3.8) is 0 Å². The lowest BCUT2D eigenvalue weighted by Crippen LogP contribution is -1.84. The lowest BCUT2D eigenvalue weighted by atomic mass is 10.0. The Bertz CT molecular complexity index is 680. The van der Waals surface area contributed by atoms with Crippen molar-refractivity contribution >= 4 is 10.8 Å². The Morgan fingerprint density at radius 2 is 1.56 bits per heavy atom. The van der Waals surface area contributed by atoms with Gasteiger partial charge in [0.05, 0.1) is 7.11 Å². The van der Waals surface area contributed by atoms with Crippen LogP contribution in [0.5, 0.6) is 5.75 Å². The third-order valence-corrected chi connectivity index (χ3v) is 2.94. The first-order valence-corrected chi connectivity index (χ1v) is 5.70. The Hall–Kier alpha value is -2.42. The fourth-order valence-corrected chi connectivity index (χ4v) is 1.98. The van der Waals surface area contributed by atoms with Gasteiger partial charge >= 0.3 is 0 Å². The zero-order chi connectivity index (χ0) is 12.4. The van der Waals surface area contributed by atoms with Gasteiger partial charge in [0.15, 0.2) is 0 Å². The average Bonchev–Trinajstić information content (AvgIpc) is 2.47. The molecule has 88 valence electrons. The van der Waals surface area contributed by atoms with Gasteiger partial charge in [-0.1, -0.05) is 18.2 Å². The van der Waals surface area contributed by atoms with Crippen LogP contribution in [-0.2, 0) is 0 Å². The first kappa shape index (κ1) is 10.7. The minimum absolute atomic E-state index is 0.873. The third-order valence-electron chi connectivity index (χ3n) is 2.94. The summed E-state index contributed by atoms with van der Waals surface area (Å²) in [5.74, 6) is 0.873. The number of ether oxygens (including phenoxy) is 1. The van der Waals surface area contributed by atoms with E-state index in [2.05, 4.69) is 34.2 Å². The van der Waals surface area contributed by atoms with Gasteiger partial charge < -0.3 is 4.74 Å². The second-order valence-electron chi connectivity index (χ2n) is 4.06. The number of aromatic nitrogens is 2. The van der Waals surface area contributed by atoms with Gasteiger partial charge in [0.1, 0.15) is 12.1 Å². The van der Waals surface area contributed by atoms with E-state index < -0.39 is 0 Å². The van der Waals surface area contributed by atoms with Crippen LogP contribution < -0.4 is 4.74 Å². The molecule has 0 saturated carbocycles. The average molecular weight is 236 g/mol. The van der Waals surface area contributed by atoms with E-state index in [0.717, 1.165) is 22.3 Å². The van der Waals surface area contributed by atoms with E-state index in [4.69, 9.17) is 4.74 Å². The molecule has 0 radical (unpaired) electrons. The Balaban J connectivity index is 2.12. The van der Waals surface area contributed by atoms with Crippen molar-refractivity contribution in [2.75, 3.05) is 7.11 Å². The highest BCUT2D eigenvalue weighted by molar-refractivity contribution is 5.88. The van der Waals surface area contributed by atoms with E-state index in [1.54, 1.807) is 7.11 Å². The molecule has 0 atom stereocenters. The summed E-state index contributed by atoms with van der Waals surface area (Å²) in [5, 5.41) is 2.34. The summed E-state index contributed by atoms with van der Waals surface area (Å²) in [6.45, 7) is 0. The predicted octanol–water partition coefficient (Wildman–Crippen LogP) is 3.31. The van der Waals surface area contributed by atoms with Crippen LogP contribution in [0.15, 0.2) is 55.1 Å². The van der Waals surface area contributed by atoms with E-state index in [1.807, 2.05) is 24.5 Å². The van der Waals surface area contributed by atoms with Gasteiger partial charge in [-0.05, 0) is 34.5 Å². The molecule has 0 unspecified atom stereocenters. The molecule has 0 spiro atoms. The molecule has 0 fully saturated rings. The van der Waals surface area contributed by atoms with Crippen molar-refractivity contribution in [2.24, 2.45) is 0 Å².